The Bertz CT molecular complexity index is 484. The zero-order valence-electron chi connectivity index (χ0n) is 12.1. The minimum Gasteiger partial charge on any atom is -0.329 e. The minimum atomic E-state index is 0.272. The molecule has 0 saturated carbocycles. The average Bonchev–Trinajstić information content (AvgIpc) is 2.50. The standard InChI is InChI=1S/C17H23N3/c1-20(13-5-8-15-6-3-2-4-7-15)17(14-18)16-9-11-19-12-10-16/h2-4,6-7,9-12,17H,5,8,13-14,18H2,1H3. The summed E-state index contributed by atoms with van der Waals surface area (Å²) < 4.78 is 0. The van der Waals surface area contributed by atoms with Gasteiger partial charge >= 0.3 is 0 Å². The summed E-state index contributed by atoms with van der Waals surface area (Å²) in [6, 6.07) is 15.0. The topological polar surface area (TPSA) is 42.1 Å². The molecule has 0 amide bonds. The molecule has 1 aromatic carbocycles. The highest BCUT2D eigenvalue weighted by Crippen LogP contribution is 2.17. The Morgan fingerprint density at radius 1 is 1.10 bits per heavy atom. The van der Waals surface area contributed by atoms with E-state index in [0.717, 1.165) is 19.4 Å². The van der Waals surface area contributed by atoms with E-state index in [1.165, 1.54) is 11.1 Å². The molecule has 3 nitrogen and oxygen atoms in total. The zero-order valence-corrected chi connectivity index (χ0v) is 12.1. The summed E-state index contributed by atoms with van der Waals surface area (Å²) >= 11 is 0. The molecule has 0 bridgehead atoms. The first-order chi connectivity index (χ1) is 9.81. The molecule has 0 spiro atoms. The maximum absolute atomic E-state index is 5.93. The number of aromatic nitrogens is 1. The lowest BCUT2D eigenvalue weighted by Crippen LogP contribution is -2.31. The molecule has 0 aliphatic heterocycles. The fourth-order valence-electron chi connectivity index (χ4n) is 2.49. The molecule has 0 radical (unpaired) electrons. The summed E-state index contributed by atoms with van der Waals surface area (Å²) in [7, 11) is 2.14. The number of pyridine rings is 1. The molecule has 2 rings (SSSR count). The number of rotatable bonds is 7. The predicted molar refractivity (Wildman–Crippen MR) is 83.4 cm³/mol. The van der Waals surface area contributed by atoms with Crippen molar-refractivity contribution in [3.63, 3.8) is 0 Å². The smallest absolute Gasteiger partial charge is 0.0468 e. The van der Waals surface area contributed by atoms with E-state index in [-0.39, 0.29) is 6.04 Å². The highest BCUT2D eigenvalue weighted by atomic mass is 15.1. The highest BCUT2D eigenvalue weighted by Gasteiger charge is 2.14. The molecular formula is C17H23N3. The van der Waals surface area contributed by atoms with E-state index in [2.05, 4.69) is 47.3 Å². The summed E-state index contributed by atoms with van der Waals surface area (Å²) in [6.07, 6.45) is 5.91. The molecule has 2 aromatic rings. The van der Waals surface area contributed by atoms with Gasteiger partial charge in [0.25, 0.3) is 0 Å². The number of nitrogens with two attached hydrogens (primary N) is 1. The van der Waals surface area contributed by atoms with Gasteiger partial charge in [0, 0.05) is 25.0 Å². The van der Waals surface area contributed by atoms with Crippen molar-refractivity contribution in [3.05, 3.63) is 66.0 Å². The third-order valence-corrected chi connectivity index (χ3v) is 3.67. The van der Waals surface area contributed by atoms with Crippen LogP contribution in [0.2, 0.25) is 0 Å². The Balaban J connectivity index is 1.85. The molecule has 0 saturated heterocycles. The number of benzene rings is 1. The lowest BCUT2D eigenvalue weighted by molar-refractivity contribution is 0.247. The fourth-order valence-corrected chi connectivity index (χ4v) is 2.49. The molecule has 1 atom stereocenters. The molecule has 0 fully saturated rings. The lowest BCUT2D eigenvalue weighted by atomic mass is 10.1. The molecule has 1 aromatic heterocycles. The summed E-state index contributed by atoms with van der Waals surface area (Å²) in [5.41, 5.74) is 8.56. The van der Waals surface area contributed by atoms with Crippen LogP contribution in [-0.2, 0) is 6.42 Å². The Hall–Kier alpha value is -1.71. The molecule has 20 heavy (non-hydrogen) atoms. The van der Waals surface area contributed by atoms with Gasteiger partial charge in [-0.15, -0.1) is 0 Å². The predicted octanol–water partition coefficient (Wildman–Crippen LogP) is 2.65. The van der Waals surface area contributed by atoms with Crippen LogP contribution in [0.25, 0.3) is 0 Å². The number of hydrogen-bond donors (Lipinski definition) is 1. The van der Waals surface area contributed by atoms with Crippen LogP contribution >= 0.6 is 0 Å². The molecule has 1 unspecified atom stereocenters. The van der Waals surface area contributed by atoms with E-state index in [9.17, 15) is 0 Å². The second-order valence-corrected chi connectivity index (χ2v) is 5.10. The van der Waals surface area contributed by atoms with Crippen molar-refractivity contribution in [2.45, 2.75) is 18.9 Å². The molecule has 0 aliphatic rings. The number of nitrogens with zero attached hydrogens (tertiary/aromatic N) is 2. The summed E-state index contributed by atoms with van der Waals surface area (Å²) in [4.78, 5) is 6.40. The van der Waals surface area contributed by atoms with Crippen LogP contribution in [0.15, 0.2) is 54.9 Å². The van der Waals surface area contributed by atoms with Crippen LogP contribution in [0.5, 0.6) is 0 Å². The Labute approximate surface area is 121 Å². The van der Waals surface area contributed by atoms with Crippen LogP contribution in [0.1, 0.15) is 23.6 Å². The number of hydrogen-bond acceptors (Lipinski definition) is 3. The van der Waals surface area contributed by atoms with Crippen molar-refractivity contribution in [3.8, 4) is 0 Å². The van der Waals surface area contributed by atoms with Crippen molar-refractivity contribution < 1.29 is 0 Å². The van der Waals surface area contributed by atoms with Crippen molar-refractivity contribution in [1.82, 2.24) is 9.88 Å². The zero-order chi connectivity index (χ0) is 14.2. The summed E-state index contributed by atoms with van der Waals surface area (Å²) in [5, 5.41) is 0. The van der Waals surface area contributed by atoms with E-state index in [4.69, 9.17) is 5.73 Å². The molecule has 106 valence electrons. The molecule has 2 N–H and O–H groups in total. The highest BCUT2D eigenvalue weighted by molar-refractivity contribution is 5.16. The van der Waals surface area contributed by atoms with Crippen LogP contribution < -0.4 is 5.73 Å². The molecule has 3 heteroatoms. The first-order valence-electron chi connectivity index (χ1n) is 7.15. The summed E-state index contributed by atoms with van der Waals surface area (Å²) in [5.74, 6) is 0. The van der Waals surface area contributed by atoms with Crippen LogP contribution in [0.4, 0.5) is 0 Å². The van der Waals surface area contributed by atoms with E-state index in [1.807, 2.05) is 24.5 Å². The van der Waals surface area contributed by atoms with Crippen LogP contribution in [-0.4, -0.2) is 30.0 Å². The van der Waals surface area contributed by atoms with E-state index < -0.39 is 0 Å². The van der Waals surface area contributed by atoms with Gasteiger partial charge in [0.15, 0.2) is 0 Å². The SMILES string of the molecule is CN(CCCc1ccccc1)C(CN)c1ccncc1. The Morgan fingerprint density at radius 2 is 1.80 bits per heavy atom. The van der Waals surface area contributed by atoms with Gasteiger partial charge in [-0.05, 0) is 49.7 Å². The normalized spacial score (nSPS) is 12.6. The third-order valence-electron chi connectivity index (χ3n) is 3.67. The van der Waals surface area contributed by atoms with Crippen LogP contribution in [0, 0.1) is 0 Å². The van der Waals surface area contributed by atoms with Crippen molar-refractivity contribution >= 4 is 0 Å². The number of aryl methyl sites for hydroxylation is 1. The van der Waals surface area contributed by atoms with Crippen molar-refractivity contribution in [1.29, 1.82) is 0 Å². The van der Waals surface area contributed by atoms with Gasteiger partial charge in [0.2, 0.25) is 0 Å². The second-order valence-electron chi connectivity index (χ2n) is 5.10. The van der Waals surface area contributed by atoms with Crippen molar-refractivity contribution in [2.75, 3.05) is 20.1 Å². The van der Waals surface area contributed by atoms with E-state index >= 15 is 0 Å². The largest absolute Gasteiger partial charge is 0.329 e. The van der Waals surface area contributed by atoms with Crippen molar-refractivity contribution in [2.24, 2.45) is 5.73 Å². The average molecular weight is 269 g/mol. The Kier molecular flexibility index (Phi) is 5.71. The first kappa shape index (κ1) is 14.7. The lowest BCUT2D eigenvalue weighted by Gasteiger charge is -2.27. The minimum absolute atomic E-state index is 0.272. The van der Waals surface area contributed by atoms with E-state index in [0.29, 0.717) is 6.54 Å². The maximum atomic E-state index is 5.93. The van der Waals surface area contributed by atoms with Crippen LogP contribution in [0.3, 0.4) is 0 Å². The maximum Gasteiger partial charge on any atom is 0.0468 e. The third kappa shape index (κ3) is 4.15. The van der Waals surface area contributed by atoms with Gasteiger partial charge in [-0.2, -0.15) is 0 Å². The van der Waals surface area contributed by atoms with Gasteiger partial charge in [-0.25, -0.2) is 0 Å². The van der Waals surface area contributed by atoms with Gasteiger partial charge in [-0.1, -0.05) is 30.3 Å². The Morgan fingerprint density at radius 3 is 2.45 bits per heavy atom. The quantitative estimate of drug-likeness (QED) is 0.840. The fraction of sp³-hybridized carbons (Fsp3) is 0.353. The number of likely N-dealkylation sites (N-methyl/N-ethyl adjacent to an activating group) is 1. The van der Waals surface area contributed by atoms with Gasteiger partial charge in [0.1, 0.15) is 0 Å². The summed E-state index contributed by atoms with van der Waals surface area (Å²) in [6.45, 7) is 1.67. The van der Waals surface area contributed by atoms with Gasteiger partial charge in [-0.3, -0.25) is 9.88 Å². The molecule has 0 aliphatic carbocycles. The molecule has 1 heterocycles. The second kappa shape index (κ2) is 7.78. The monoisotopic (exact) mass is 269 g/mol. The molecular weight excluding hydrogens is 246 g/mol. The van der Waals surface area contributed by atoms with Gasteiger partial charge in [0.05, 0.1) is 0 Å². The first-order valence-corrected chi connectivity index (χ1v) is 7.15. The van der Waals surface area contributed by atoms with Gasteiger partial charge < -0.3 is 5.73 Å². The van der Waals surface area contributed by atoms with E-state index in [1.54, 1.807) is 0 Å².